The van der Waals surface area contributed by atoms with E-state index in [9.17, 15) is 4.79 Å². The molecule has 0 radical (unpaired) electrons. The zero-order chi connectivity index (χ0) is 21.2. The average molecular weight is 540 g/mol. The Balaban J connectivity index is 1.41. The van der Waals surface area contributed by atoms with Gasteiger partial charge in [0.25, 0.3) is 5.91 Å². The van der Waals surface area contributed by atoms with Gasteiger partial charge in [0, 0.05) is 15.3 Å². The van der Waals surface area contributed by atoms with Gasteiger partial charge in [0.1, 0.15) is 0 Å². The molecular weight excluding hydrogens is 524 g/mol. The Hall–Kier alpha value is -1.65. The molecule has 0 atom stereocenters. The number of hydrogen-bond acceptors (Lipinski definition) is 7. The predicted molar refractivity (Wildman–Crippen MR) is 132 cm³/mol. The van der Waals surface area contributed by atoms with Gasteiger partial charge < -0.3 is 0 Å². The number of rotatable bonds is 9. The van der Waals surface area contributed by atoms with E-state index in [4.69, 9.17) is 11.6 Å². The molecule has 3 rings (SSSR count). The molecule has 2 aromatic carbocycles. The van der Waals surface area contributed by atoms with E-state index < -0.39 is 0 Å². The maximum Gasteiger partial charge on any atom is 0.250 e. The fourth-order valence-corrected chi connectivity index (χ4v) is 5.60. The first-order valence-corrected chi connectivity index (χ1v) is 12.6. The van der Waals surface area contributed by atoms with Crippen molar-refractivity contribution in [3.8, 4) is 0 Å². The largest absolute Gasteiger partial charge is 0.272 e. The van der Waals surface area contributed by atoms with E-state index >= 15 is 0 Å². The Bertz CT molecular complexity index is 1040. The zero-order valence-corrected chi connectivity index (χ0v) is 20.3. The van der Waals surface area contributed by atoms with E-state index in [2.05, 4.69) is 36.7 Å². The molecule has 3 aromatic rings. The topological polar surface area (TPSA) is 67.2 Å². The Labute approximate surface area is 200 Å². The molecule has 1 heterocycles. The Morgan fingerprint density at radius 2 is 1.80 bits per heavy atom. The number of hydrogen-bond donors (Lipinski definition) is 1. The van der Waals surface area contributed by atoms with Crippen molar-refractivity contribution in [2.45, 2.75) is 14.4 Å². The van der Waals surface area contributed by atoms with Crippen molar-refractivity contribution in [2.75, 3.05) is 5.75 Å². The summed E-state index contributed by atoms with van der Waals surface area (Å²) in [7, 11) is 0. The molecule has 1 N–H and O–H groups in total. The van der Waals surface area contributed by atoms with Crippen molar-refractivity contribution in [1.29, 1.82) is 0 Å². The number of nitrogens with one attached hydrogen (secondary N) is 1. The van der Waals surface area contributed by atoms with Gasteiger partial charge >= 0.3 is 0 Å². The Morgan fingerprint density at radius 3 is 2.57 bits per heavy atom. The van der Waals surface area contributed by atoms with Crippen molar-refractivity contribution in [3.05, 3.63) is 75.2 Å². The third kappa shape index (κ3) is 7.88. The summed E-state index contributed by atoms with van der Waals surface area (Å²) in [5, 5.41) is 13.0. The van der Waals surface area contributed by atoms with Crippen molar-refractivity contribution in [1.82, 2.24) is 15.6 Å². The van der Waals surface area contributed by atoms with Gasteiger partial charge in [-0.05, 0) is 39.2 Å². The second-order valence-electron chi connectivity index (χ2n) is 5.74. The van der Waals surface area contributed by atoms with Gasteiger partial charge in [0.2, 0.25) is 0 Å². The second kappa shape index (κ2) is 12.3. The van der Waals surface area contributed by atoms with Crippen molar-refractivity contribution in [3.63, 3.8) is 0 Å². The molecule has 0 bridgehead atoms. The average Bonchev–Trinajstić information content (AvgIpc) is 3.20. The van der Waals surface area contributed by atoms with Crippen LogP contribution in [-0.2, 0) is 10.5 Å². The van der Waals surface area contributed by atoms with E-state index in [0.717, 1.165) is 35.1 Å². The summed E-state index contributed by atoms with van der Waals surface area (Å²) in [6.45, 7) is 0. The molecule has 1 aromatic heterocycles. The quantitative estimate of drug-likeness (QED) is 0.202. The molecule has 0 aliphatic heterocycles. The molecule has 154 valence electrons. The van der Waals surface area contributed by atoms with Crippen LogP contribution < -0.4 is 5.43 Å². The second-order valence-corrected chi connectivity index (χ2v) is 10.5. The van der Waals surface area contributed by atoms with Crippen molar-refractivity contribution < 1.29 is 4.79 Å². The van der Waals surface area contributed by atoms with Crippen LogP contribution in [0.2, 0.25) is 5.02 Å². The molecule has 1 amide bonds. The molecular formula is C20H16BrClN4OS3. The first-order chi connectivity index (χ1) is 14.6. The number of aromatic nitrogens is 2. The van der Waals surface area contributed by atoms with Crippen LogP contribution in [0, 0.1) is 0 Å². The highest BCUT2D eigenvalue weighted by molar-refractivity contribution is 9.12. The molecule has 0 aliphatic rings. The van der Waals surface area contributed by atoms with Crippen LogP contribution in [0.1, 0.15) is 11.1 Å². The van der Waals surface area contributed by atoms with Gasteiger partial charge in [-0.2, -0.15) is 5.10 Å². The molecule has 30 heavy (non-hydrogen) atoms. The minimum Gasteiger partial charge on any atom is -0.272 e. The van der Waals surface area contributed by atoms with Crippen LogP contribution in [0.4, 0.5) is 0 Å². The summed E-state index contributed by atoms with van der Waals surface area (Å²) in [6, 6.07) is 17.5. The lowest BCUT2D eigenvalue weighted by atomic mass is 10.2. The number of thioether (sulfide) groups is 2. The van der Waals surface area contributed by atoms with Crippen LogP contribution in [-0.4, -0.2) is 28.1 Å². The van der Waals surface area contributed by atoms with Gasteiger partial charge in [0.05, 0.1) is 12.0 Å². The molecule has 0 saturated heterocycles. The summed E-state index contributed by atoms with van der Waals surface area (Å²) in [4.78, 5) is 12.0. The van der Waals surface area contributed by atoms with Gasteiger partial charge in [-0.1, -0.05) is 95.0 Å². The third-order valence-corrected chi connectivity index (χ3v) is 7.55. The number of nitrogens with zero attached hydrogens (tertiary/aromatic N) is 3. The van der Waals surface area contributed by atoms with E-state index in [1.165, 1.54) is 23.1 Å². The summed E-state index contributed by atoms with van der Waals surface area (Å²) < 4.78 is 2.33. The van der Waals surface area contributed by atoms with E-state index in [0.29, 0.717) is 0 Å². The van der Waals surface area contributed by atoms with Gasteiger partial charge in [0.15, 0.2) is 8.68 Å². The number of amides is 1. The Kier molecular flexibility index (Phi) is 9.41. The summed E-state index contributed by atoms with van der Waals surface area (Å²) in [5.74, 6) is 0.720. The monoisotopic (exact) mass is 538 g/mol. The normalized spacial score (nSPS) is 11.7. The Morgan fingerprint density at radius 1 is 1.10 bits per heavy atom. The number of allylic oxidation sites excluding steroid dienone is 1. The number of hydrazone groups is 1. The summed E-state index contributed by atoms with van der Waals surface area (Å²) in [6.07, 6.45) is 3.46. The molecule has 0 spiro atoms. The summed E-state index contributed by atoms with van der Waals surface area (Å²) >= 11 is 13.9. The van der Waals surface area contributed by atoms with Crippen LogP contribution in [0.25, 0.3) is 6.08 Å². The zero-order valence-electron chi connectivity index (χ0n) is 15.5. The lowest BCUT2D eigenvalue weighted by Crippen LogP contribution is -2.19. The van der Waals surface area contributed by atoms with Crippen LogP contribution in [0.15, 0.2) is 72.9 Å². The first kappa shape index (κ1) is 23.0. The fourth-order valence-electron chi connectivity index (χ4n) is 2.14. The van der Waals surface area contributed by atoms with E-state index in [1.54, 1.807) is 18.0 Å². The smallest absolute Gasteiger partial charge is 0.250 e. The lowest BCUT2D eigenvalue weighted by molar-refractivity contribution is -0.118. The SMILES string of the molecule is O=C(CSc1nnc(SCc2ccccc2Cl)s1)NN=CC(Br)=Cc1ccccc1. The number of benzene rings is 2. The molecule has 0 fully saturated rings. The van der Waals surface area contributed by atoms with E-state index in [1.807, 2.05) is 60.7 Å². The van der Waals surface area contributed by atoms with Gasteiger partial charge in [-0.3, -0.25) is 4.79 Å². The molecule has 0 unspecified atom stereocenters. The number of halogens is 2. The van der Waals surface area contributed by atoms with Gasteiger partial charge in [-0.25, -0.2) is 5.43 Å². The first-order valence-electron chi connectivity index (χ1n) is 8.67. The van der Waals surface area contributed by atoms with E-state index in [-0.39, 0.29) is 11.7 Å². The highest BCUT2D eigenvalue weighted by Crippen LogP contribution is 2.32. The van der Waals surface area contributed by atoms with Crippen LogP contribution in [0.5, 0.6) is 0 Å². The summed E-state index contributed by atoms with van der Waals surface area (Å²) in [5.41, 5.74) is 4.60. The maximum absolute atomic E-state index is 12.0. The van der Waals surface area contributed by atoms with Crippen LogP contribution >= 0.6 is 62.4 Å². The highest BCUT2D eigenvalue weighted by atomic mass is 79.9. The van der Waals surface area contributed by atoms with Crippen molar-refractivity contribution in [2.24, 2.45) is 5.10 Å². The fraction of sp³-hybridized carbons (Fsp3) is 0.100. The highest BCUT2D eigenvalue weighted by Gasteiger charge is 2.09. The van der Waals surface area contributed by atoms with Gasteiger partial charge in [-0.15, -0.1) is 10.2 Å². The minimum absolute atomic E-state index is 0.209. The predicted octanol–water partition coefficient (Wildman–Crippen LogP) is 6.11. The third-order valence-electron chi connectivity index (χ3n) is 3.50. The molecule has 0 aliphatic carbocycles. The standard InChI is InChI=1S/C20H16BrClN4OS3/c21-16(10-14-6-2-1-3-7-14)11-23-24-18(27)13-29-20-26-25-19(30-20)28-12-15-8-4-5-9-17(15)22/h1-11H,12-13H2,(H,24,27). The molecule has 5 nitrogen and oxygen atoms in total. The van der Waals surface area contributed by atoms with Crippen molar-refractivity contribution >= 4 is 80.6 Å². The lowest BCUT2D eigenvalue weighted by Gasteiger charge is -2.00. The molecule has 10 heteroatoms. The number of carbonyl (C=O) groups excluding carboxylic acids is 1. The maximum atomic E-state index is 12.0. The minimum atomic E-state index is -0.211. The number of carbonyl (C=O) groups is 1. The molecule has 0 saturated carbocycles. The van der Waals surface area contributed by atoms with Crippen LogP contribution in [0.3, 0.4) is 0 Å².